The summed E-state index contributed by atoms with van der Waals surface area (Å²) in [4.78, 5) is 20.7. The molecule has 0 spiro atoms. The Morgan fingerprint density at radius 1 is 1.17 bits per heavy atom. The molecule has 12 heavy (non-hydrogen) atoms. The number of halogens is 3. The van der Waals surface area contributed by atoms with Gasteiger partial charge in [0.05, 0.1) is 0 Å². The number of carbonyl (C=O) groups excluding carboxylic acids is 2. The molecule has 0 aromatic heterocycles. The minimum absolute atomic E-state index is 1.56. The third-order valence-electron chi connectivity index (χ3n) is 0.958. The van der Waals surface area contributed by atoms with Gasteiger partial charge in [0.1, 0.15) is 0 Å². The molecule has 0 fully saturated rings. The molecule has 1 amide bonds. The molecule has 0 bridgehead atoms. The molecule has 0 N–H and O–H groups in total. The number of Topliss-reactive ketones (excluding diaryl/α,β-unsaturated/α-hetero) is 1. The van der Waals surface area contributed by atoms with Crippen LogP contribution in [0.5, 0.6) is 0 Å². The summed E-state index contributed by atoms with van der Waals surface area (Å²) in [5.74, 6) is -3.34. The average molecular weight is 179 g/mol. The van der Waals surface area contributed by atoms with Crippen LogP contribution in [0.25, 0.3) is 0 Å². The molecule has 0 aromatic carbocycles. The van der Waals surface area contributed by atoms with Crippen LogP contribution in [0.3, 0.4) is 0 Å². The van der Waals surface area contributed by atoms with Crippen molar-refractivity contribution < 1.29 is 22.8 Å². The zero-order valence-electron chi connectivity index (χ0n) is 5.29. The number of hydrogen-bond acceptors (Lipinski definition) is 4. The molecule has 1 aliphatic heterocycles. The monoisotopic (exact) mass is 179 g/mol. The van der Waals surface area contributed by atoms with Crippen molar-refractivity contribution in [1.29, 1.82) is 0 Å². The predicted octanol–water partition coefficient (Wildman–Crippen LogP) is 0.466. The maximum absolute atomic E-state index is 11.8. The molecule has 1 rings (SSSR count). The zero-order chi connectivity index (χ0) is 9.35. The van der Waals surface area contributed by atoms with E-state index in [-0.39, 0.29) is 0 Å². The first kappa shape index (κ1) is 8.50. The molecule has 64 valence electrons. The standard InChI is InChI=1S/C4F3N3O2/c5-4(6,7)2-1(11)3(12)9-10-8-2. The van der Waals surface area contributed by atoms with E-state index in [0.717, 1.165) is 0 Å². The second-order valence-corrected chi connectivity index (χ2v) is 1.77. The Morgan fingerprint density at radius 2 is 1.75 bits per heavy atom. The van der Waals surface area contributed by atoms with Crippen molar-refractivity contribution >= 4 is 17.4 Å². The van der Waals surface area contributed by atoms with E-state index < -0.39 is 23.6 Å². The van der Waals surface area contributed by atoms with E-state index in [1.54, 1.807) is 0 Å². The maximum Gasteiger partial charge on any atom is 0.439 e. The molecule has 0 aromatic rings. The number of nitrogens with zero attached hydrogens (tertiary/aromatic N) is 3. The molecule has 8 heteroatoms. The Balaban J connectivity index is 3.07. The first-order valence-electron chi connectivity index (χ1n) is 2.57. The van der Waals surface area contributed by atoms with Crippen molar-refractivity contribution in [2.24, 2.45) is 15.4 Å². The second kappa shape index (κ2) is 2.47. The topological polar surface area (TPSA) is 71.2 Å². The highest BCUT2D eigenvalue weighted by Crippen LogP contribution is 2.19. The van der Waals surface area contributed by atoms with Crippen LogP contribution < -0.4 is 0 Å². The summed E-state index contributed by atoms with van der Waals surface area (Å²) in [6, 6.07) is 0. The van der Waals surface area contributed by atoms with Gasteiger partial charge >= 0.3 is 12.1 Å². The van der Waals surface area contributed by atoms with Crippen LogP contribution in [0.1, 0.15) is 0 Å². The normalized spacial score (nSPS) is 18.1. The largest absolute Gasteiger partial charge is 0.439 e. The van der Waals surface area contributed by atoms with E-state index in [1.165, 1.54) is 0 Å². The summed E-state index contributed by atoms with van der Waals surface area (Å²) >= 11 is 0. The number of hydrogen-bond donors (Lipinski definition) is 0. The van der Waals surface area contributed by atoms with Gasteiger partial charge in [0.15, 0.2) is 0 Å². The predicted molar refractivity (Wildman–Crippen MR) is 28.4 cm³/mol. The quantitative estimate of drug-likeness (QED) is 0.507. The smallest absolute Gasteiger partial charge is 0.281 e. The third kappa shape index (κ3) is 1.36. The highest BCUT2D eigenvalue weighted by molar-refractivity contribution is 6.66. The highest BCUT2D eigenvalue weighted by atomic mass is 19.4. The van der Waals surface area contributed by atoms with E-state index >= 15 is 0 Å². The molecule has 0 atom stereocenters. The van der Waals surface area contributed by atoms with Crippen molar-refractivity contribution in [3.8, 4) is 0 Å². The first-order valence-corrected chi connectivity index (χ1v) is 2.57. The van der Waals surface area contributed by atoms with E-state index in [9.17, 15) is 22.8 Å². The summed E-state index contributed by atoms with van der Waals surface area (Å²) in [6.07, 6.45) is -4.95. The molecule has 0 saturated heterocycles. The summed E-state index contributed by atoms with van der Waals surface area (Å²) in [5, 5.41) is 7.41. The zero-order valence-corrected chi connectivity index (χ0v) is 5.29. The van der Waals surface area contributed by atoms with Gasteiger partial charge in [-0.25, -0.2) is 0 Å². The van der Waals surface area contributed by atoms with Gasteiger partial charge in [-0.2, -0.15) is 13.2 Å². The Kier molecular flexibility index (Phi) is 1.75. The Hall–Kier alpha value is -1.60. The van der Waals surface area contributed by atoms with Crippen molar-refractivity contribution in [1.82, 2.24) is 0 Å². The van der Waals surface area contributed by atoms with E-state index in [4.69, 9.17) is 0 Å². The fraction of sp³-hybridized carbons (Fsp3) is 0.250. The number of ketones is 1. The molecular formula is C4F3N3O2. The lowest BCUT2D eigenvalue weighted by atomic mass is 10.2. The summed E-state index contributed by atoms with van der Waals surface area (Å²) in [6.45, 7) is 0. The van der Waals surface area contributed by atoms with E-state index in [2.05, 4.69) is 15.4 Å². The maximum atomic E-state index is 11.8. The van der Waals surface area contributed by atoms with Crippen LogP contribution in [-0.2, 0) is 9.59 Å². The summed E-state index contributed by atoms with van der Waals surface area (Å²) < 4.78 is 35.3. The molecule has 5 nitrogen and oxygen atoms in total. The lowest BCUT2D eigenvalue weighted by molar-refractivity contribution is -0.135. The molecular weight excluding hydrogens is 179 g/mol. The van der Waals surface area contributed by atoms with Gasteiger partial charge in [0.25, 0.3) is 5.78 Å². The molecule has 1 heterocycles. The van der Waals surface area contributed by atoms with Gasteiger partial charge in [-0.15, -0.1) is 5.10 Å². The fourth-order valence-electron chi connectivity index (χ4n) is 0.485. The van der Waals surface area contributed by atoms with Gasteiger partial charge in [-0.1, -0.05) is 5.11 Å². The highest BCUT2D eigenvalue weighted by Gasteiger charge is 2.45. The van der Waals surface area contributed by atoms with E-state index in [0.29, 0.717) is 0 Å². The summed E-state index contributed by atoms with van der Waals surface area (Å²) in [7, 11) is 0. The molecule has 0 saturated carbocycles. The fourth-order valence-corrected chi connectivity index (χ4v) is 0.485. The van der Waals surface area contributed by atoms with Crippen LogP contribution in [0, 0.1) is 0 Å². The minimum Gasteiger partial charge on any atom is -0.281 e. The van der Waals surface area contributed by atoms with Crippen LogP contribution in [0.2, 0.25) is 0 Å². The van der Waals surface area contributed by atoms with Crippen LogP contribution >= 0.6 is 0 Å². The Labute approximate surface area is 63.0 Å². The molecule has 0 radical (unpaired) electrons. The van der Waals surface area contributed by atoms with Crippen LogP contribution in [0.15, 0.2) is 15.4 Å². The average Bonchev–Trinajstić information content (AvgIpc) is 1.92. The van der Waals surface area contributed by atoms with Gasteiger partial charge in [0.2, 0.25) is 5.71 Å². The number of carbonyl (C=O) groups is 2. The number of rotatable bonds is 0. The van der Waals surface area contributed by atoms with Gasteiger partial charge in [-0.05, 0) is 5.22 Å². The van der Waals surface area contributed by atoms with E-state index in [1.807, 2.05) is 0 Å². The minimum atomic E-state index is -4.95. The van der Waals surface area contributed by atoms with Crippen molar-refractivity contribution in [3.63, 3.8) is 0 Å². The molecule has 0 aliphatic carbocycles. The second-order valence-electron chi connectivity index (χ2n) is 1.77. The number of alkyl halides is 3. The van der Waals surface area contributed by atoms with Crippen LogP contribution in [-0.4, -0.2) is 23.6 Å². The first-order chi connectivity index (χ1) is 5.43. The third-order valence-corrected chi connectivity index (χ3v) is 0.958. The summed E-state index contributed by atoms with van der Waals surface area (Å²) in [5.41, 5.74) is -1.83. The van der Waals surface area contributed by atoms with Crippen molar-refractivity contribution in [2.75, 3.05) is 0 Å². The lowest BCUT2D eigenvalue weighted by Crippen LogP contribution is -2.36. The van der Waals surface area contributed by atoms with Crippen molar-refractivity contribution in [3.05, 3.63) is 0 Å². The van der Waals surface area contributed by atoms with Crippen molar-refractivity contribution in [2.45, 2.75) is 6.18 Å². The SMILES string of the molecule is O=C1N=NN=C(C(F)(F)F)C1=O. The molecule has 0 unspecified atom stereocenters. The molecule has 1 aliphatic rings. The number of amides is 1. The van der Waals surface area contributed by atoms with Crippen LogP contribution in [0.4, 0.5) is 13.2 Å². The Morgan fingerprint density at radius 3 is 2.17 bits per heavy atom. The van der Waals surface area contributed by atoms with Gasteiger partial charge in [0, 0.05) is 0 Å². The van der Waals surface area contributed by atoms with Gasteiger partial charge in [-0.3, -0.25) is 9.59 Å². The lowest BCUT2D eigenvalue weighted by Gasteiger charge is -2.06. The van der Waals surface area contributed by atoms with Gasteiger partial charge < -0.3 is 0 Å². The Bertz CT molecular complexity index is 303.